The molecule has 0 fully saturated rings. The van der Waals surface area contributed by atoms with E-state index in [-0.39, 0.29) is 23.9 Å². The van der Waals surface area contributed by atoms with Crippen molar-refractivity contribution >= 4 is 39.9 Å². The number of carbonyl (C=O) groups excluding carboxylic acids is 2. The molecule has 0 bridgehead atoms. The summed E-state index contributed by atoms with van der Waals surface area (Å²) in [5.74, 6) is -0.592. The molecule has 1 amide bonds. The highest BCUT2D eigenvalue weighted by molar-refractivity contribution is 9.10. The van der Waals surface area contributed by atoms with E-state index in [2.05, 4.69) is 26.2 Å². The standard InChI is InChI=1S/C10H10BrClN2O3/c1-2-17-10(16)9-8(12)7(11)3-6(14-9)4-13-5-15/h3,5H,2,4H2,1H3,(H,13,15). The van der Waals surface area contributed by atoms with Gasteiger partial charge in [0.05, 0.1) is 23.9 Å². The van der Waals surface area contributed by atoms with Crippen molar-refractivity contribution in [1.82, 2.24) is 10.3 Å². The zero-order chi connectivity index (χ0) is 12.8. The van der Waals surface area contributed by atoms with Crippen LogP contribution in [-0.4, -0.2) is 24.0 Å². The highest BCUT2D eigenvalue weighted by Crippen LogP contribution is 2.26. The number of aromatic nitrogens is 1. The lowest BCUT2D eigenvalue weighted by atomic mass is 10.3. The highest BCUT2D eigenvalue weighted by atomic mass is 79.9. The quantitative estimate of drug-likeness (QED) is 0.664. The van der Waals surface area contributed by atoms with Gasteiger partial charge in [-0.05, 0) is 28.9 Å². The Bertz CT molecular complexity index is 440. The summed E-state index contributed by atoms with van der Waals surface area (Å²) in [6.07, 6.45) is 0.550. The Kier molecular flexibility index (Phi) is 5.37. The van der Waals surface area contributed by atoms with Gasteiger partial charge in [0.2, 0.25) is 6.41 Å². The van der Waals surface area contributed by atoms with Crippen LogP contribution in [0.5, 0.6) is 0 Å². The Hall–Kier alpha value is -1.14. The van der Waals surface area contributed by atoms with Crippen molar-refractivity contribution in [1.29, 1.82) is 0 Å². The molecule has 0 unspecified atom stereocenters. The van der Waals surface area contributed by atoms with E-state index in [9.17, 15) is 9.59 Å². The van der Waals surface area contributed by atoms with E-state index in [0.717, 1.165) is 0 Å². The lowest BCUT2D eigenvalue weighted by Crippen LogP contribution is -2.15. The summed E-state index contributed by atoms with van der Waals surface area (Å²) in [6, 6.07) is 1.63. The largest absolute Gasteiger partial charge is 0.461 e. The van der Waals surface area contributed by atoms with Crippen LogP contribution in [0.3, 0.4) is 0 Å². The predicted octanol–water partition coefficient (Wildman–Crippen LogP) is 1.92. The normalized spacial score (nSPS) is 9.82. The van der Waals surface area contributed by atoms with E-state index < -0.39 is 5.97 Å². The first-order chi connectivity index (χ1) is 8.10. The van der Waals surface area contributed by atoms with E-state index >= 15 is 0 Å². The van der Waals surface area contributed by atoms with Gasteiger partial charge < -0.3 is 10.1 Å². The maximum atomic E-state index is 11.6. The van der Waals surface area contributed by atoms with Crippen LogP contribution in [0, 0.1) is 0 Å². The summed E-state index contributed by atoms with van der Waals surface area (Å²) in [5.41, 5.74) is 0.544. The Morgan fingerprint density at radius 1 is 1.71 bits per heavy atom. The molecule has 1 aromatic heterocycles. The van der Waals surface area contributed by atoms with E-state index in [1.165, 1.54) is 0 Å². The third-order valence-corrected chi connectivity index (χ3v) is 3.04. The Morgan fingerprint density at radius 3 is 3.00 bits per heavy atom. The number of hydrogen-bond acceptors (Lipinski definition) is 4. The minimum absolute atomic E-state index is 0.0330. The van der Waals surface area contributed by atoms with Crippen molar-refractivity contribution in [3.05, 3.63) is 26.9 Å². The maximum absolute atomic E-state index is 11.6. The molecule has 0 saturated carbocycles. The van der Waals surface area contributed by atoms with Crippen LogP contribution >= 0.6 is 27.5 Å². The first kappa shape index (κ1) is 13.9. The van der Waals surface area contributed by atoms with Crippen LogP contribution in [-0.2, 0) is 16.1 Å². The summed E-state index contributed by atoms with van der Waals surface area (Å²) >= 11 is 9.14. The number of hydrogen-bond donors (Lipinski definition) is 1. The van der Waals surface area contributed by atoms with Crippen LogP contribution in [0.2, 0.25) is 5.02 Å². The van der Waals surface area contributed by atoms with Gasteiger partial charge in [-0.15, -0.1) is 0 Å². The Labute approximate surface area is 112 Å². The molecule has 17 heavy (non-hydrogen) atoms. The van der Waals surface area contributed by atoms with Crippen molar-refractivity contribution < 1.29 is 14.3 Å². The number of amides is 1. The number of ether oxygens (including phenoxy) is 1. The van der Waals surface area contributed by atoms with Crippen LogP contribution in [0.25, 0.3) is 0 Å². The fraction of sp³-hybridized carbons (Fsp3) is 0.300. The number of pyridine rings is 1. The summed E-state index contributed by atoms with van der Waals surface area (Å²) in [4.78, 5) is 25.8. The molecule has 0 saturated heterocycles. The fourth-order valence-electron chi connectivity index (χ4n) is 1.12. The van der Waals surface area contributed by atoms with Crippen molar-refractivity contribution in [2.45, 2.75) is 13.5 Å². The lowest BCUT2D eigenvalue weighted by molar-refractivity contribution is -0.109. The molecule has 0 atom stereocenters. The molecule has 0 radical (unpaired) electrons. The van der Waals surface area contributed by atoms with Crippen molar-refractivity contribution in [2.75, 3.05) is 6.61 Å². The SMILES string of the molecule is CCOC(=O)c1nc(CNC=O)cc(Br)c1Cl. The second-order valence-corrected chi connectivity index (χ2v) is 4.21. The second kappa shape index (κ2) is 6.56. The molecule has 0 aliphatic heterocycles. The maximum Gasteiger partial charge on any atom is 0.358 e. The van der Waals surface area contributed by atoms with Gasteiger partial charge in [-0.1, -0.05) is 11.6 Å². The summed E-state index contributed by atoms with van der Waals surface area (Å²) in [6.45, 7) is 2.15. The molecule has 7 heteroatoms. The number of nitrogens with one attached hydrogen (secondary N) is 1. The van der Waals surface area contributed by atoms with Crippen molar-refractivity contribution in [2.24, 2.45) is 0 Å². The molecule has 0 aliphatic rings. The number of esters is 1. The van der Waals surface area contributed by atoms with Gasteiger partial charge >= 0.3 is 5.97 Å². The minimum Gasteiger partial charge on any atom is -0.461 e. The number of halogens is 2. The van der Waals surface area contributed by atoms with Crippen molar-refractivity contribution in [3.8, 4) is 0 Å². The van der Waals surface area contributed by atoms with Gasteiger partial charge in [-0.2, -0.15) is 0 Å². The van der Waals surface area contributed by atoms with Gasteiger partial charge in [0.1, 0.15) is 0 Å². The van der Waals surface area contributed by atoms with Gasteiger partial charge in [0.25, 0.3) is 0 Å². The van der Waals surface area contributed by atoms with Crippen LogP contribution in [0.4, 0.5) is 0 Å². The second-order valence-electron chi connectivity index (χ2n) is 2.98. The lowest BCUT2D eigenvalue weighted by Gasteiger charge is -2.07. The highest BCUT2D eigenvalue weighted by Gasteiger charge is 2.17. The zero-order valence-corrected chi connectivity index (χ0v) is 11.3. The van der Waals surface area contributed by atoms with Crippen LogP contribution in [0.1, 0.15) is 23.1 Å². The van der Waals surface area contributed by atoms with Gasteiger partial charge in [-0.25, -0.2) is 9.78 Å². The third-order valence-electron chi connectivity index (χ3n) is 1.80. The molecular weight excluding hydrogens is 311 g/mol. The Balaban J connectivity index is 3.06. The summed E-state index contributed by atoms with van der Waals surface area (Å²) < 4.78 is 5.35. The topological polar surface area (TPSA) is 68.3 Å². The Morgan fingerprint density at radius 2 is 2.41 bits per heavy atom. The molecular formula is C10H10BrClN2O3. The number of nitrogens with zero attached hydrogens (tertiary/aromatic N) is 1. The first-order valence-electron chi connectivity index (χ1n) is 4.79. The molecule has 1 aromatic rings. The molecule has 5 nitrogen and oxygen atoms in total. The summed E-state index contributed by atoms with van der Waals surface area (Å²) in [7, 11) is 0. The molecule has 92 valence electrons. The zero-order valence-electron chi connectivity index (χ0n) is 9.00. The molecule has 0 aliphatic carbocycles. The van der Waals surface area contributed by atoms with E-state index in [0.29, 0.717) is 16.6 Å². The molecule has 1 heterocycles. The monoisotopic (exact) mass is 320 g/mol. The smallest absolute Gasteiger partial charge is 0.358 e. The summed E-state index contributed by atoms with van der Waals surface area (Å²) in [5, 5.41) is 2.64. The average Bonchev–Trinajstić information content (AvgIpc) is 2.30. The first-order valence-corrected chi connectivity index (χ1v) is 5.96. The fourth-order valence-corrected chi connectivity index (χ4v) is 1.75. The predicted molar refractivity (Wildman–Crippen MR) is 65.8 cm³/mol. The number of rotatable bonds is 5. The van der Waals surface area contributed by atoms with E-state index in [4.69, 9.17) is 16.3 Å². The third kappa shape index (κ3) is 3.67. The van der Waals surface area contributed by atoms with Crippen LogP contribution < -0.4 is 5.32 Å². The molecule has 1 N–H and O–H groups in total. The number of carbonyl (C=O) groups is 2. The van der Waals surface area contributed by atoms with Gasteiger partial charge in [-0.3, -0.25) is 4.79 Å². The van der Waals surface area contributed by atoms with Crippen LogP contribution in [0.15, 0.2) is 10.5 Å². The van der Waals surface area contributed by atoms with Crippen molar-refractivity contribution in [3.63, 3.8) is 0 Å². The van der Waals surface area contributed by atoms with Gasteiger partial charge in [0, 0.05) is 4.47 Å². The van der Waals surface area contributed by atoms with E-state index in [1.54, 1.807) is 13.0 Å². The molecule has 1 rings (SSSR count). The van der Waals surface area contributed by atoms with Gasteiger partial charge in [0.15, 0.2) is 5.69 Å². The van der Waals surface area contributed by atoms with E-state index in [1.807, 2.05) is 0 Å². The molecule has 0 aromatic carbocycles. The average molecular weight is 322 g/mol. The molecule has 0 spiro atoms. The minimum atomic E-state index is -0.592.